The molecule has 2 aromatic carbocycles. The van der Waals surface area contributed by atoms with Gasteiger partial charge in [0.05, 0.1) is 16.2 Å². The fourth-order valence-electron chi connectivity index (χ4n) is 3.86. The SMILES string of the molecule is Cc1noc(C)c1CSc1ccccc1C(=O)N1CCN(c2ccc(Cl)cc2[N+](=O)[O-])CC1. The molecule has 33 heavy (non-hydrogen) atoms. The van der Waals surface area contributed by atoms with Crippen molar-refractivity contribution in [2.75, 3.05) is 31.1 Å². The van der Waals surface area contributed by atoms with Gasteiger partial charge in [-0.2, -0.15) is 0 Å². The number of nitro benzene ring substituents is 1. The first kappa shape index (κ1) is 23.1. The topological polar surface area (TPSA) is 92.7 Å². The number of aromatic nitrogens is 1. The highest BCUT2D eigenvalue weighted by molar-refractivity contribution is 7.98. The zero-order valence-electron chi connectivity index (χ0n) is 18.3. The number of piperazine rings is 1. The van der Waals surface area contributed by atoms with Crippen LogP contribution in [0.3, 0.4) is 0 Å². The van der Waals surface area contributed by atoms with E-state index in [1.54, 1.807) is 28.8 Å². The third-order valence-electron chi connectivity index (χ3n) is 5.71. The molecule has 0 atom stereocenters. The van der Waals surface area contributed by atoms with Crippen LogP contribution in [0.25, 0.3) is 0 Å². The van der Waals surface area contributed by atoms with Gasteiger partial charge in [0, 0.05) is 53.5 Å². The molecule has 1 aliphatic heterocycles. The average molecular weight is 487 g/mol. The Kier molecular flexibility index (Phi) is 6.90. The number of benzene rings is 2. The van der Waals surface area contributed by atoms with Crippen molar-refractivity contribution in [1.82, 2.24) is 10.1 Å². The molecule has 0 aliphatic carbocycles. The second-order valence-corrected chi connectivity index (χ2v) is 9.21. The summed E-state index contributed by atoms with van der Waals surface area (Å²) in [6.07, 6.45) is 0. The molecule has 3 aromatic rings. The van der Waals surface area contributed by atoms with E-state index in [4.69, 9.17) is 16.1 Å². The van der Waals surface area contributed by atoms with Crippen LogP contribution in [-0.4, -0.2) is 47.1 Å². The minimum atomic E-state index is -0.425. The van der Waals surface area contributed by atoms with Crippen molar-refractivity contribution in [2.24, 2.45) is 0 Å². The first-order valence-corrected chi connectivity index (χ1v) is 11.8. The van der Waals surface area contributed by atoms with E-state index >= 15 is 0 Å². The molecule has 0 radical (unpaired) electrons. The van der Waals surface area contributed by atoms with Crippen LogP contribution in [0.15, 0.2) is 51.9 Å². The lowest BCUT2D eigenvalue weighted by atomic mass is 10.1. The Bertz CT molecular complexity index is 1170. The van der Waals surface area contributed by atoms with Gasteiger partial charge in [0.25, 0.3) is 11.6 Å². The molecule has 2 heterocycles. The van der Waals surface area contributed by atoms with E-state index in [0.29, 0.717) is 48.2 Å². The van der Waals surface area contributed by atoms with E-state index in [2.05, 4.69) is 5.16 Å². The maximum atomic E-state index is 13.3. The highest BCUT2D eigenvalue weighted by Crippen LogP contribution is 2.33. The number of anilines is 1. The molecule has 1 saturated heterocycles. The van der Waals surface area contributed by atoms with Crippen LogP contribution in [0.4, 0.5) is 11.4 Å². The van der Waals surface area contributed by atoms with E-state index in [1.165, 1.54) is 6.07 Å². The number of hydrogen-bond acceptors (Lipinski definition) is 7. The van der Waals surface area contributed by atoms with E-state index in [-0.39, 0.29) is 11.6 Å². The monoisotopic (exact) mass is 486 g/mol. The average Bonchev–Trinajstić information content (AvgIpc) is 3.14. The number of nitrogens with zero attached hydrogens (tertiary/aromatic N) is 4. The summed E-state index contributed by atoms with van der Waals surface area (Å²) in [6, 6.07) is 12.2. The second kappa shape index (κ2) is 9.84. The van der Waals surface area contributed by atoms with Crippen molar-refractivity contribution in [3.63, 3.8) is 0 Å². The van der Waals surface area contributed by atoms with Gasteiger partial charge in [0.2, 0.25) is 0 Å². The Hall–Kier alpha value is -3.04. The predicted molar refractivity (Wildman–Crippen MR) is 128 cm³/mol. The van der Waals surface area contributed by atoms with Gasteiger partial charge in [-0.15, -0.1) is 11.8 Å². The first-order valence-electron chi connectivity index (χ1n) is 10.5. The zero-order valence-corrected chi connectivity index (χ0v) is 19.9. The summed E-state index contributed by atoms with van der Waals surface area (Å²) in [6.45, 7) is 5.75. The third-order valence-corrected chi connectivity index (χ3v) is 7.05. The largest absolute Gasteiger partial charge is 0.362 e. The van der Waals surface area contributed by atoms with Crippen LogP contribution >= 0.6 is 23.4 Å². The van der Waals surface area contributed by atoms with E-state index < -0.39 is 4.92 Å². The number of aryl methyl sites for hydroxylation is 2. The van der Waals surface area contributed by atoms with Crippen molar-refractivity contribution in [2.45, 2.75) is 24.5 Å². The molecule has 0 bridgehead atoms. The number of rotatable bonds is 6. The number of thioether (sulfide) groups is 1. The van der Waals surface area contributed by atoms with E-state index in [0.717, 1.165) is 21.9 Å². The quantitative estimate of drug-likeness (QED) is 0.271. The fourth-order valence-corrected chi connectivity index (χ4v) is 5.22. The molecule has 10 heteroatoms. The Morgan fingerprint density at radius 1 is 1.18 bits per heavy atom. The molecule has 0 saturated carbocycles. The zero-order chi connectivity index (χ0) is 23.5. The van der Waals surface area contributed by atoms with Crippen LogP contribution in [0.2, 0.25) is 5.02 Å². The van der Waals surface area contributed by atoms with Gasteiger partial charge in [-0.05, 0) is 38.1 Å². The van der Waals surface area contributed by atoms with Gasteiger partial charge < -0.3 is 14.3 Å². The molecule has 0 spiro atoms. The van der Waals surface area contributed by atoms with Crippen LogP contribution in [0.1, 0.15) is 27.4 Å². The first-order chi connectivity index (χ1) is 15.8. The Balaban J connectivity index is 1.45. The van der Waals surface area contributed by atoms with Gasteiger partial charge in [0.15, 0.2) is 0 Å². The number of halogens is 1. The van der Waals surface area contributed by atoms with Gasteiger partial charge in [0.1, 0.15) is 11.4 Å². The Morgan fingerprint density at radius 2 is 1.91 bits per heavy atom. The number of carbonyl (C=O) groups is 1. The van der Waals surface area contributed by atoms with Crippen molar-refractivity contribution in [1.29, 1.82) is 0 Å². The molecule has 1 amide bonds. The van der Waals surface area contributed by atoms with Crippen molar-refractivity contribution in [3.8, 4) is 0 Å². The lowest BCUT2D eigenvalue weighted by Gasteiger charge is -2.36. The van der Waals surface area contributed by atoms with Crippen molar-refractivity contribution >= 4 is 40.6 Å². The minimum Gasteiger partial charge on any atom is -0.362 e. The van der Waals surface area contributed by atoms with Crippen molar-refractivity contribution < 1.29 is 14.2 Å². The predicted octanol–water partition coefficient (Wildman–Crippen LogP) is 5.11. The third kappa shape index (κ3) is 4.99. The summed E-state index contributed by atoms with van der Waals surface area (Å²) in [5, 5.41) is 15.8. The van der Waals surface area contributed by atoms with Crippen LogP contribution in [0.5, 0.6) is 0 Å². The van der Waals surface area contributed by atoms with E-state index in [1.807, 2.05) is 43.0 Å². The van der Waals surface area contributed by atoms with Crippen LogP contribution in [0, 0.1) is 24.0 Å². The van der Waals surface area contributed by atoms with Crippen LogP contribution < -0.4 is 4.90 Å². The fraction of sp³-hybridized carbons (Fsp3) is 0.304. The van der Waals surface area contributed by atoms with Crippen molar-refractivity contribution in [3.05, 3.63) is 80.2 Å². The maximum absolute atomic E-state index is 13.3. The molecule has 8 nitrogen and oxygen atoms in total. The second-order valence-electron chi connectivity index (χ2n) is 7.76. The van der Waals surface area contributed by atoms with Gasteiger partial charge in [-0.25, -0.2) is 0 Å². The Morgan fingerprint density at radius 3 is 2.58 bits per heavy atom. The summed E-state index contributed by atoms with van der Waals surface area (Å²) in [7, 11) is 0. The highest BCUT2D eigenvalue weighted by Gasteiger charge is 2.27. The summed E-state index contributed by atoms with van der Waals surface area (Å²) in [5.41, 5.74) is 3.05. The molecular weight excluding hydrogens is 464 g/mol. The lowest BCUT2D eigenvalue weighted by Crippen LogP contribution is -2.49. The molecular formula is C23H23ClN4O4S. The summed E-state index contributed by atoms with van der Waals surface area (Å²) in [5.74, 6) is 1.41. The van der Waals surface area contributed by atoms with Crippen LogP contribution in [-0.2, 0) is 5.75 Å². The van der Waals surface area contributed by atoms with Gasteiger partial charge in [-0.1, -0.05) is 28.9 Å². The summed E-state index contributed by atoms with van der Waals surface area (Å²) in [4.78, 5) is 29.0. The molecule has 172 valence electrons. The molecule has 0 N–H and O–H groups in total. The van der Waals surface area contributed by atoms with E-state index in [9.17, 15) is 14.9 Å². The molecule has 1 fully saturated rings. The maximum Gasteiger partial charge on any atom is 0.294 e. The number of carbonyl (C=O) groups excluding carboxylic acids is 1. The molecule has 1 aromatic heterocycles. The normalized spacial score (nSPS) is 13.9. The van der Waals surface area contributed by atoms with Gasteiger partial charge >= 0.3 is 0 Å². The smallest absolute Gasteiger partial charge is 0.294 e. The highest BCUT2D eigenvalue weighted by atomic mass is 35.5. The number of amides is 1. The molecule has 4 rings (SSSR count). The number of hydrogen-bond donors (Lipinski definition) is 0. The Labute approximate surface area is 200 Å². The molecule has 1 aliphatic rings. The van der Waals surface area contributed by atoms with Gasteiger partial charge in [-0.3, -0.25) is 14.9 Å². The minimum absolute atomic E-state index is 0.0247. The standard InChI is InChI=1S/C23H23ClN4O4S/c1-15-19(16(2)32-25-15)14-33-22-6-4-3-5-18(22)23(29)27-11-9-26(10-12-27)20-8-7-17(24)13-21(20)28(30)31/h3-8,13H,9-12,14H2,1-2H3. The summed E-state index contributed by atoms with van der Waals surface area (Å²) < 4.78 is 5.24. The lowest BCUT2D eigenvalue weighted by molar-refractivity contribution is -0.384. The molecule has 0 unspecified atom stereocenters. The number of nitro groups is 1. The summed E-state index contributed by atoms with van der Waals surface area (Å²) >= 11 is 7.52.